The van der Waals surface area contributed by atoms with Crippen LogP contribution in [0.2, 0.25) is 0 Å². The third-order valence-electron chi connectivity index (χ3n) is 0.0781. The lowest BCUT2D eigenvalue weighted by molar-refractivity contribution is 0.284. The SMILES string of the molecule is N#CON=O. The number of hydrogen-bond donors (Lipinski definition) is 0. The molecule has 0 saturated heterocycles. The van der Waals surface area contributed by atoms with E-state index in [-0.39, 0.29) is 0 Å². The van der Waals surface area contributed by atoms with E-state index >= 15 is 0 Å². The minimum atomic E-state index is 1.04. The maximum Gasteiger partial charge on any atom is 0.320 e. The van der Waals surface area contributed by atoms with Crippen LogP contribution in [-0.2, 0) is 4.84 Å². The lowest BCUT2D eigenvalue weighted by Crippen LogP contribution is -1.54. The van der Waals surface area contributed by atoms with E-state index in [0.29, 0.717) is 0 Å². The molecule has 0 heterocycles. The molecule has 0 fully saturated rings. The van der Waals surface area contributed by atoms with Gasteiger partial charge in [0.25, 0.3) is 0 Å². The Bertz CT molecular complexity index is 62.5. The summed E-state index contributed by atoms with van der Waals surface area (Å²) in [6.07, 6.45) is 1.04. The molecule has 0 radical (unpaired) electrons. The summed E-state index contributed by atoms with van der Waals surface area (Å²) in [5, 5.41) is 9.04. The Hall–Kier alpha value is -1.11. The lowest BCUT2D eigenvalue weighted by Gasteiger charge is -1.56. The van der Waals surface area contributed by atoms with Gasteiger partial charge in [0.05, 0.1) is 0 Å². The topological polar surface area (TPSA) is 62.4 Å². The second-order valence-corrected chi connectivity index (χ2v) is 0.257. The van der Waals surface area contributed by atoms with Crippen molar-refractivity contribution in [3.63, 3.8) is 0 Å². The highest BCUT2D eigenvalue weighted by atomic mass is 16.7. The van der Waals surface area contributed by atoms with Gasteiger partial charge in [-0.3, -0.25) is 0 Å². The summed E-state index contributed by atoms with van der Waals surface area (Å²) in [6, 6.07) is 0. The molecule has 5 heavy (non-hydrogen) atoms. The van der Waals surface area contributed by atoms with Crippen LogP contribution in [0.15, 0.2) is 5.34 Å². The van der Waals surface area contributed by atoms with E-state index in [1.807, 2.05) is 0 Å². The molecule has 0 aromatic rings. The summed E-state index contributed by atoms with van der Waals surface area (Å²) < 4.78 is 0. The van der Waals surface area contributed by atoms with Crippen LogP contribution in [0.5, 0.6) is 0 Å². The maximum atomic E-state index is 8.71. The van der Waals surface area contributed by atoms with Crippen molar-refractivity contribution < 1.29 is 4.84 Å². The third kappa shape index (κ3) is 2.89. The Morgan fingerprint density at radius 2 is 2.60 bits per heavy atom. The van der Waals surface area contributed by atoms with Gasteiger partial charge in [0.15, 0.2) is 5.34 Å². The van der Waals surface area contributed by atoms with Gasteiger partial charge in [-0.05, 0) is 0 Å². The Labute approximate surface area is 27.9 Å². The quantitative estimate of drug-likeness (QED) is 0.252. The van der Waals surface area contributed by atoms with Crippen LogP contribution >= 0.6 is 0 Å². The van der Waals surface area contributed by atoms with Gasteiger partial charge >= 0.3 is 6.26 Å². The van der Waals surface area contributed by atoms with Crippen molar-refractivity contribution in [2.45, 2.75) is 0 Å². The predicted molar refractivity (Wildman–Crippen MR) is 12.5 cm³/mol. The zero-order chi connectivity index (χ0) is 4.12. The fraction of sp³-hybridized carbons (Fsp3) is 0. The van der Waals surface area contributed by atoms with E-state index in [9.17, 15) is 0 Å². The van der Waals surface area contributed by atoms with Crippen LogP contribution < -0.4 is 0 Å². The molecular weight excluding hydrogens is 72.0 g/mol. The number of hydrogen-bond acceptors (Lipinski definition) is 4. The van der Waals surface area contributed by atoms with Crippen molar-refractivity contribution in [3.8, 4) is 6.26 Å². The van der Waals surface area contributed by atoms with Gasteiger partial charge in [-0.15, -0.1) is 10.2 Å². The summed E-state index contributed by atoms with van der Waals surface area (Å²) in [7, 11) is 0. The van der Waals surface area contributed by atoms with Gasteiger partial charge in [-0.25, -0.2) is 4.84 Å². The molecule has 0 aromatic heterocycles. The van der Waals surface area contributed by atoms with E-state index in [2.05, 4.69) is 4.84 Å². The zero-order valence-electron chi connectivity index (χ0n) is 2.21. The van der Waals surface area contributed by atoms with Crippen LogP contribution in [0.1, 0.15) is 0 Å². The van der Waals surface area contributed by atoms with Gasteiger partial charge < -0.3 is 0 Å². The van der Waals surface area contributed by atoms with E-state index in [4.69, 9.17) is 10.2 Å². The molecule has 4 heteroatoms. The molecule has 0 rings (SSSR count). The van der Waals surface area contributed by atoms with Gasteiger partial charge in [0.1, 0.15) is 0 Å². The average Bonchev–Trinajstić information content (AvgIpc) is 1.41. The fourth-order valence-corrected chi connectivity index (χ4v) is 0.0167. The molecule has 4 nitrogen and oxygen atoms in total. The van der Waals surface area contributed by atoms with E-state index in [1.54, 1.807) is 5.34 Å². The summed E-state index contributed by atoms with van der Waals surface area (Å²) in [5.41, 5.74) is 0. The number of nitrogens with zero attached hydrogens (tertiary/aromatic N) is 2. The molecule has 0 aliphatic heterocycles. The molecule has 0 N–H and O–H groups in total. The molecule has 0 aliphatic carbocycles. The number of rotatable bonds is 1. The molecule has 0 aliphatic rings. The second-order valence-electron chi connectivity index (χ2n) is 0.257. The fourth-order valence-electron chi connectivity index (χ4n) is 0.0167. The Morgan fingerprint density at radius 3 is 2.60 bits per heavy atom. The van der Waals surface area contributed by atoms with E-state index < -0.39 is 0 Å². The molecule has 26 valence electrons. The largest absolute Gasteiger partial charge is 0.320 e. The van der Waals surface area contributed by atoms with Crippen LogP contribution in [0.25, 0.3) is 0 Å². The van der Waals surface area contributed by atoms with Gasteiger partial charge in [-0.1, -0.05) is 0 Å². The van der Waals surface area contributed by atoms with Crippen molar-refractivity contribution in [1.82, 2.24) is 0 Å². The normalized spacial score (nSPS) is 4.60. The van der Waals surface area contributed by atoms with Crippen LogP contribution in [0, 0.1) is 16.4 Å². The molecular formula is CN2O2. The van der Waals surface area contributed by atoms with Gasteiger partial charge in [0, 0.05) is 0 Å². The zero-order valence-corrected chi connectivity index (χ0v) is 2.21. The van der Waals surface area contributed by atoms with Crippen LogP contribution in [0.3, 0.4) is 0 Å². The number of nitriles is 1. The minimum absolute atomic E-state index is 1.04. The monoisotopic (exact) mass is 72.0 g/mol. The van der Waals surface area contributed by atoms with Gasteiger partial charge in [-0.2, -0.15) is 0 Å². The van der Waals surface area contributed by atoms with Gasteiger partial charge in [0.2, 0.25) is 0 Å². The first-order chi connectivity index (χ1) is 2.41. The van der Waals surface area contributed by atoms with Crippen molar-refractivity contribution in [3.05, 3.63) is 4.91 Å². The highest BCUT2D eigenvalue weighted by Gasteiger charge is 1.59. The Morgan fingerprint density at radius 1 is 2.00 bits per heavy atom. The molecule has 0 unspecified atom stereocenters. The van der Waals surface area contributed by atoms with E-state index in [0.717, 1.165) is 6.26 Å². The summed E-state index contributed by atoms with van der Waals surface area (Å²) in [5.74, 6) is 0. The van der Waals surface area contributed by atoms with Crippen LogP contribution in [-0.4, -0.2) is 0 Å². The molecule has 0 amide bonds. The standard InChI is InChI=1S/CN2O2/c2-1-5-3-4. The molecule has 0 saturated carbocycles. The first kappa shape index (κ1) is 3.89. The first-order valence-corrected chi connectivity index (χ1v) is 0.793. The van der Waals surface area contributed by atoms with E-state index in [1.165, 1.54) is 0 Å². The van der Waals surface area contributed by atoms with Crippen molar-refractivity contribution >= 4 is 0 Å². The Balaban J connectivity index is 2.75. The Kier molecular flexibility index (Phi) is 2.25. The van der Waals surface area contributed by atoms with Crippen LogP contribution in [0.4, 0.5) is 0 Å². The third-order valence-corrected chi connectivity index (χ3v) is 0.0781. The molecule has 0 spiro atoms. The molecule has 0 bridgehead atoms. The predicted octanol–water partition coefficient (Wildman–Crippen LogP) is 0.165. The first-order valence-electron chi connectivity index (χ1n) is 0.793. The summed E-state index contributed by atoms with van der Waals surface area (Å²) in [6.45, 7) is 0. The summed E-state index contributed by atoms with van der Waals surface area (Å²) >= 11 is 0. The lowest BCUT2D eigenvalue weighted by atomic mass is 11.6. The highest BCUT2D eigenvalue weighted by molar-refractivity contribution is 4.39. The highest BCUT2D eigenvalue weighted by Crippen LogP contribution is 1.59. The molecule has 0 aromatic carbocycles. The average molecular weight is 72.0 g/mol. The van der Waals surface area contributed by atoms with Crippen molar-refractivity contribution in [2.75, 3.05) is 0 Å². The van der Waals surface area contributed by atoms with Crippen molar-refractivity contribution in [1.29, 1.82) is 5.26 Å². The minimum Gasteiger partial charge on any atom is -0.240 e. The smallest absolute Gasteiger partial charge is 0.240 e. The second kappa shape index (κ2) is 2.89. The molecule has 0 atom stereocenters. The summed E-state index contributed by atoms with van der Waals surface area (Å²) in [4.78, 5) is 11.9. The maximum absolute atomic E-state index is 8.71. The van der Waals surface area contributed by atoms with Crippen molar-refractivity contribution in [2.24, 2.45) is 5.34 Å².